The number of amides is 1. The number of piperidine rings is 2. The highest BCUT2D eigenvalue weighted by Gasteiger charge is 2.39. The van der Waals surface area contributed by atoms with Crippen LogP contribution in [0, 0.1) is 0 Å². The summed E-state index contributed by atoms with van der Waals surface area (Å²) < 4.78 is 27.9. The summed E-state index contributed by atoms with van der Waals surface area (Å²) in [6.07, 6.45) is 5.73. The third-order valence-corrected chi connectivity index (χ3v) is 8.36. The van der Waals surface area contributed by atoms with Crippen molar-refractivity contribution in [3.8, 4) is 5.75 Å². The monoisotopic (exact) mass is 588 g/mol. The van der Waals surface area contributed by atoms with Gasteiger partial charge < -0.3 is 33.5 Å². The van der Waals surface area contributed by atoms with Gasteiger partial charge in [0.1, 0.15) is 11.4 Å². The molecule has 0 bridgehead atoms. The molecule has 0 radical (unpaired) electrons. The molecule has 0 aromatic heterocycles. The van der Waals surface area contributed by atoms with Crippen molar-refractivity contribution in [2.75, 3.05) is 40.4 Å². The minimum atomic E-state index is -0.597. The maximum atomic E-state index is 12.6. The average Bonchev–Trinajstić information content (AvgIpc) is 2.93. The summed E-state index contributed by atoms with van der Waals surface area (Å²) in [5.41, 5.74) is 0.806. The summed E-state index contributed by atoms with van der Waals surface area (Å²) in [4.78, 5) is 41.7. The molecular formula is C32H48N2O8. The maximum Gasteiger partial charge on any atom is 0.410 e. The van der Waals surface area contributed by atoms with Gasteiger partial charge >= 0.3 is 18.0 Å². The number of hydrogen-bond donors (Lipinski definition) is 0. The summed E-state index contributed by atoms with van der Waals surface area (Å²) in [6.45, 7) is 12.8. The van der Waals surface area contributed by atoms with Crippen LogP contribution in [0.5, 0.6) is 5.75 Å². The Hall–Kier alpha value is -2.85. The fourth-order valence-corrected chi connectivity index (χ4v) is 6.13. The second-order valence-corrected chi connectivity index (χ2v) is 12.9. The molecule has 2 heterocycles. The Morgan fingerprint density at radius 1 is 0.833 bits per heavy atom. The minimum absolute atomic E-state index is 0.0882. The standard InChI is InChI=1S/C32H48N2O8/c1-20(2)40-28-19-27(30(36)39-7)26(29(35)38-6)18-25(28)21-8-12-33(13-9-21)22-16-24(17-22)41-23-10-14-34(15-11-23)31(37)42-32(3,4)5/h18-24H,8-17H2,1-7H3. The van der Waals surface area contributed by atoms with E-state index < -0.39 is 17.5 Å². The van der Waals surface area contributed by atoms with Gasteiger partial charge in [-0.2, -0.15) is 0 Å². The Labute approximate surface area is 249 Å². The molecule has 2 saturated heterocycles. The van der Waals surface area contributed by atoms with Gasteiger partial charge in [-0.15, -0.1) is 0 Å². The van der Waals surface area contributed by atoms with Crippen LogP contribution in [-0.4, -0.2) is 98.2 Å². The number of carbonyl (C=O) groups is 3. The number of rotatable bonds is 8. The van der Waals surface area contributed by atoms with Gasteiger partial charge in [-0.3, -0.25) is 0 Å². The summed E-state index contributed by atoms with van der Waals surface area (Å²) >= 11 is 0. The van der Waals surface area contributed by atoms with Crippen molar-refractivity contribution in [1.29, 1.82) is 0 Å². The van der Waals surface area contributed by atoms with Crippen LogP contribution in [0.3, 0.4) is 0 Å². The Morgan fingerprint density at radius 3 is 1.93 bits per heavy atom. The zero-order chi connectivity index (χ0) is 30.6. The third kappa shape index (κ3) is 7.95. The summed E-state index contributed by atoms with van der Waals surface area (Å²) in [6, 6.07) is 3.90. The lowest BCUT2D eigenvalue weighted by Gasteiger charge is -2.47. The number of benzene rings is 1. The second-order valence-electron chi connectivity index (χ2n) is 12.9. The first kappa shape index (κ1) is 32.1. The zero-order valence-electron chi connectivity index (χ0n) is 26.3. The molecule has 42 heavy (non-hydrogen) atoms. The van der Waals surface area contributed by atoms with Gasteiger partial charge in [0.15, 0.2) is 0 Å². The van der Waals surface area contributed by atoms with Gasteiger partial charge in [0.25, 0.3) is 0 Å². The molecule has 1 amide bonds. The molecule has 10 heteroatoms. The molecule has 234 valence electrons. The van der Waals surface area contributed by atoms with Crippen LogP contribution in [-0.2, 0) is 18.9 Å². The molecule has 0 spiro atoms. The van der Waals surface area contributed by atoms with Crippen molar-refractivity contribution in [3.63, 3.8) is 0 Å². The average molecular weight is 589 g/mol. The first-order chi connectivity index (χ1) is 19.9. The molecule has 1 aromatic rings. The highest BCUT2D eigenvalue weighted by atomic mass is 16.6. The Kier molecular flexibility index (Phi) is 10.4. The quantitative estimate of drug-likeness (QED) is 0.300. The maximum absolute atomic E-state index is 12.6. The van der Waals surface area contributed by atoms with E-state index in [4.69, 9.17) is 23.7 Å². The second kappa shape index (κ2) is 13.6. The zero-order valence-corrected chi connectivity index (χ0v) is 26.3. The van der Waals surface area contributed by atoms with E-state index in [9.17, 15) is 14.4 Å². The van der Waals surface area contributed by atoms with E-state index in [1.807, 2.05) is 34.6 Å². The van der Waals surface area contributed by atoms with Crippen molar-refractivity contribution in [3.05, 3.63) is 28.8 Å². The Balaban J connectivity index is 1.29. The van der Waals surface area contributed by atoms with Crippen LogP contribution < -0.4 is 4.74 Å². The molecule has 0 atom stereocenters. The molecule has 3 aliphatic rings. The van der Waals surface area contributed by atoms with Crippen LogP contribution in [0.25, 0.3) is 0 Å². The minimum Gasteiger partial charge on any atom is -0.491 e. The van der Waals surface area contributed by atoms with Gasteiger partial charge in [0.05, 0.1) is 43.7 Å². The lowest BCUT2D eigenvalue weighted by Crippen LogP contribution is -2.52. The van der Waals surface area contributed by atoms with E-state index in [0.29, 0.717) is 24.9 Å². The number of carbonyl (C=O) groups excluding carboxylic acids is 3. The number of ether oxygens (including phenoxy) is 5. The number of esters is 2. The normalized spacial score (nSPS) is 22.4. The van der Waals surface area contributed by atoms with Gasteiger partial charge in [0.2, 0.25) is 0 Å². The van der Waals surface area contributed by atoms with E-state index in [1.54, 1.807) is 17.0 Å². The van der Waals surface area contributed by atoms with Crippen LogP contribution in [0.15, 0.2) is 12.1 Å². The molecule has 1 aromatic carbocycles. The van der Waals surface area contributed by atoms with Crippen molar-refractivity contribution in [2.24, 2.45) is 0 Å². The van der Waals surface area contributed by atoms with Crippen LogP contribution >= 0.6 is 0 Å². The summed E-state index contributed by atoms with van der Waals surface area (Å²) in [5, 5.41) is 0. The van der Waals surface area contributed by atoms with E-state index in [0.717, 1.165) is 57.2 Å². The number of nitrogens with zero attached hydrogens (tertiary/aromatic N) is 2. The van der Waals surface area contributed by atoms with E-state index in [2.05, 4.69) is 4.90 Å². The van der Waals surface area contributed by atoms with Gasteiger partial charge in [-0.25, -0.2) is 14.4 Å². The van der Waals surface area contributed by atoms with Gasteiger partial charge in [-0.1, -0.05) is 0 Å². The Morgan fingerprint density at radius 2 is 1.40 bits per heavy atom. The first-order valence-electron chi connectivity index (χ1n) is 15.3. The summed E-state index contributed by atoms with van der Waals surface area (Å²) in [7, 11) is 2.60. The molecule has 3 fully saturated rings. The number of methoxy groups -OCH3 is 2. The van der Waals surface area contributed by atoms with Gasteiger partial charge in [-0.05, 0) is 110 Å². The van der Waals surface area contributed by atoms with Crippen LogP contribution in [0.1, 0.15) is 105 Å². The molecular weight excluding hydrogens is 540 g/mol. The third-order valence-electron chi connectivity index (χ3n) is 8.36. The highest BCUT2D eigenvalue weighted by Crippen LogP contribution is 2.40. The van der Waals surface area contributed by atoms with Crippen molar-refractivity contribution in [2.45, 2.75) is 109 Å². The highest BCUT2D eigenvalue weighted by molar-refractivity contribution is 6.03. The molecule has 1 saturated carbocycles. The van der Waals surface area contributed by atoms with Crippen LogP contribution in [0.2, 0.25) is 0 Å². The van der Waals surface area contributed by atoms with Gasteiger partial charge in [0, 0.05) is 19.1 Å². The van der Waals surface area contributed by atoms with Crippen molar-refractivity contribution in [1.82, 2.24) is 9.80 Å². The fraction of sp³-hybridized carbons (Fsp3) is 0.719. The Bertz CT molecular complexity index is 1110. The largest absolute Gasteiger partial charge is 0.491 e. The predicted octanol–water partition coefficient (Wildman–Crippen LogP) is 5.17. The topological polar surface area (TPSA) is 104 Å². The van der Waals surface area contributed by atoms with Crippen LogP contribution in [0.4, 0.5) is 4.79 Å². The lowest BCUT2D eigenvalue weighted by molar-refractivity contribution is -0.105. The lowest BCUT2D eigenvalue weighted by atomic mass is 9.82. The van der Waals surface area contributed by atoms with Crippen molar-refractivity contribution < 1.29 is 38.1 Å². The first-order valence-corrected chi connectivity index (χ1v) is 15.3. The smallest absolute Gasteiger partial charge is 0.410 e. The molecule has 0 N–H and O–H groups in total. The predicted molar refractivity (Wildman–Crippen MR) is 157 cm³/mol. The SMILES string of the molecule is COC(=O)c1cc(OC(C)C)c(C2CCN(C3CC(OC4CCN(C(=O)OC(C)(C)C)CC4)C3)CC2)cc1C(=O)OC. The molecule has 10 nitrogen and oxygen atoms in total. The fourth-order valence-electron chi connectivity index (χ4n) is 6.13. The van der Waals surface area contributed by atoms with E-state index in [1.165, 1.54) is 14.2 Å². The molecule has 4 rings (SSSR count). The number of hydrogen-bond acceptors (Lipinski definition) is 9. The molecule has 2 aliphatic heterocycles. The van der Waals surface area contributed by atoms with Crippen molar-refractivity contribution >= 4 is 18.0 Å². The summed E-state index contributed by atoms with van der Waals surface area (Å²) in [5.74, 6) is -0.347. The van der Waals surface area contributed by atoms with E-state index in [-0.39, 0.29) is 41.4 Å². The molecule has 1 aliphatic carbocycles. The molecule has 0 unspecified atom stereocenters. The number of likely N-dealkylation sites (tertiary alicyclic amines) is 2. The van der Waals surface area contributed by atoms with E-state index >= 15 is 0 Å².